The number of hydrogen-bond donors (Lipinski definition) is 0. The molecule has 0 bridgehead atoms. The molecule has 1 saturated heterocycles. The van der Waals surface area contributed by atoms with E-state index < -0.39 is 5.41 Å². The fraction of sp³-hybridized carbons (Fsp3) is 0.138. The molecule has 168 valence electrons. The summed E-state index contributed by atoms with van der Waals surface area (Å²) >= 11 is 0. The molecule has 1 atom stereocenters. The molecule has 1 spiro atoms. The predicted octanol–water partition coefficient (Wildman–Crippen LogP) is 5.88. The molecule has 2 aliphatic heterocycles. The van der Waals surface area contributed by atoms with E-state index in [0.717, 1.165) is 33.9 Å². The molecule has 0 aliphatic carbocycles. The van der Waals surface area contributed by atoms with Crippen molar-refractivity contribution in [3.05, 3.63) is 114 Å². The number of rotatable bonds is 4. The van der Waals surface area contributed by atoms with E-state index in [9.17, 15) is 4.79 Å². The van der Waals surface area contributed by atoms with Gasteiger partial charge >= 0.3 is 0 Å². The largest absolute Gasteiger partial charge is 0.497 e. The van der Waals surface area contributed by atoms with Crippen LogP contribution in [0.3, 0.4) is 0 Å². The molecular weight excluding hydrogens is 426 g/mol. The van der Waals surface area contributed by atoms with Crippen LogP contribution in [0, 0.1) is 0 Å². The number of anilines is 1. The molecule has 5 heteroatoms. The highest BCUT2D eigenvalue weighted by molar-refractivity contribution is 6.13. The third-order valence-electron chi connectivity index (χ3n) is 6.85. The van der Waals surface area contributed by atoms with Gasteiger partial charge in [-0.15, -0.1) is 0 Å². The van der Waals surface area contributed by atoms with Gasteiger partial charge in [0.15, 0.2) is 0 Å². The Hall–Kier alpha value is -4.25. The number of methoxy groups -OCH3 is 2. The summed E-state index contributed by atoms with van der Waals surface area (Å²) in [5.74, 6) is 2.95. The molecule has 2 aliphatic rings. The molecule has 1 unspecified atom stereocenters. The number of carbonyl (C=O) groups excluding carboxylic acids is 1. The van der Waals surface area contributed by atoms with Crippen LogP contribution in [0.5, 0.6) is 23.0 Å². The van der Waals surface area contributed by atoms with Crippen molar-refractivity contribution < 1.29 is 19.0 Å². The van der Waals surface area contributed by atoms with Gasteiger partial charge in [-0.2, -0.15) is 0 Å². The van der Waals surface area contributed by atoms with Crippen molar-refractivity contribution >= 4 is 11.6 Å². The van der Waals surface area contributed by atoms with Gasteiger partial charge in [0, 0.05) is 16.8 Å². The van der Waals surface area contributed by atoms with E-state index in [1.807, 2.05) is 102 Å². The van der Waals surface area contributed by atoms with Crippen molar-refractivity contribution in [3.63, 3.8) is 0 Å². The molecule has 2 heterocycles. The van der Waals surface area contributed by atoms with Crippen molar-refractivity contribution in [2.75, 3.05) is 19.1 Å². The first-order valence-electron chi connectivity index (χ1n) is 11.2. The summed E-state index contributed by atoms with van der Waals surface area (Å²) < 4.78 is 17.0. The molecule has 34 heavy (non-hydrogen) atoms. The molecule has 0 N–H and O–H groups in total. The minimum absolute atomic E-state index is 0.0154. The van der Waals surface area contributed by atoms with Crippen molar-refractivity contribution in [3.8, 4) is 23.0 Å². The summed E-state index contributed by atoms with van der Waals surface area (Å²) in [6.45, 7) is 0. The second-order valence-corrected chi connectivity index (χ2v) is 8.45. The zero-order valence-corrected chi connectivity index (χ0v) is 18.9. The maximum Gasteiger partial charge on any atom is 0.245 e. The highest BCUT2D eigenvalue weighted by Gasteiger charge is 2.66. The van der Waals surface area contributed by atoms with Crippen LogP contribution in [-0.2, 0) is 10.2 Å². The molecular formula is C29H23NO4. The SMILES string of the molecule is COc1ccc(C2N(c3ccc(OC)cc3)C(=O)C23c2ccccc2Oc2ccccc23)cc1. The van der Waals surface area contributed by atoms with Crippen LogP contribution < -0.4 is 19.1 Å². The number of carbonyl (C=O) groups is 1. The number of ether oxygens (including phenoxy) is 3. The summed E-state index contributed by atoms with van der Waals surface area (Å²) in [5, 5.41) is 0. The first-order chi connectivity index (χ1) is 16.7. The molecule has 1 amide bonds. The maximum absolute atomic E-state index is 14.3. The Bertz CT molecular complexity index is 1330. The van der Waals surface area contributed by atoms with Gasteiger partial charge in [-0.25, -0.2) is 0 Å². The lowest BCUT2D eigenvalue weighted by Crippen LogP contribution is -2.67. The standard InChI is InChI=1S/C29H23NO4/c1-32-21-15-11-19(12-16-21)27-29(28(31)30(27)20-13-17-22(33-2)18-14-20)23-7-3-5-9-25(23)34-26-10-6-4-8-24(26)29/h3-18,27H,1-2H3. The second-order valence-electron chi connectivity index (χ2n) is 8.45. The molecule has 0 saturated carbocycles. The van der Waals surface area contributed by atoms with Crippen LogP contribution in [0.25, 0.3) is 0 Å². The van der Waals surface area contributed by atoms with E-state index >= 15 is 0 Å². The van der Waals surface area contributed by atoms with Gasteiger partial charge in [-0.3, -0.25) is 4.79 Å². The fourth-order valence-electron chi connectivity index (χ4n) is 5.30. The minimum Gasteiger partial charge on any atom is -0.497 e. The van der Waals surface area contributed by atoms with E-state index in [2.05, 4.69) is 0 Å². The third kappa shape index (κ3) is 2.70. The average molecular weight is 450 g/mol. The molecule has 0 aromatic heterocycles. The Morgan fingerprint density at radius 1 is 0.706 bits per heavy atom. The smallest absolute Gasteiger partial charge is 0.245 e. The Labute approximate surface area is 198 Å². The number of fused-ring (bicyclic) bond motifs is 4. The lowest BCUT2D eigenvalue weighted by molar-refractivity contribution is -0.131. The summed E-state index contributed by atoms with van der Waals surface area (Å²) in [4.78, 5) is 16.2. The molecule has 4 aromatic carbocycles. The Kier molecular flexibility index (Phi) is 4.59. The zero-order chi connectivity index (χ0) is 23.3. The highest BCUT2D eigenvalue weighted by atomic mass is 16.5. The van der Waals surface area contributed by atoms with Crippen LogP contribution in [0.1, 0.15) is 22.7 Å². The Balaban J connectivity index is 1.60. The number of nitrogens with zero attached hydrogens (tertiary/aromatic N) is 1. The van der Waals surface area contributed by atoms with Gasteiger partial charge in [0.2, 0.25) is 5.91 Å². The first-order valence-corrected chi connectivity index (χ1v) is 11.2. The number of benzene rings is 4. The minimum atomic E-state index is -0.903. The quantitative estimate of drug-likeness (QED) is 0.365. The normalized spacial score (nSPS) is 17.3. The van der Waals surface area contributed by atoms with Crippen LogP contribution in [0.4, 0.5) is 5.69 Å². The fourth-order valence-corrected chi connectivity index (χ4v) is 5.30. The number of para-hydroxylation sites is 2. The Morgan fingerprint density at radius 3 is 1.74 bits per heavy atom. The van der Waals surface area contributed by atoms with Gasteiger partial charge in [0.1, 0.15) is 28.4 Å². The van der Waals surface area contributed by atoms with E-state index in [-0.39, 0.29) is 11.9 Å². The first kappa shape index (κ1) is 20.4. The van der Waals surface area contributed by atoms with E-state index in [1.165, 1.54) is 0 Å². The lowest BCUT2D eigenvalue weighted by Gasteiger charge is -2.58. The molecule has 5 nitrogen and oxygen atoms in total. The summed E-state index contributed by atoms with van der Waals surface area (Å²) in [5.41, 5.74) is 2.69. The predicted molar refractivity (Wildman–Crippen MR) is 130 cm³/mol. The lowest BCUT2D eigenvalue weighted by atomic mass is 9.58. The zero-order valence-electron chi connectivity index (χ0n) is 18.9. The van der Waals surface area contributed by atoms with E-state index in [4.69, 9.17) is 14.2 Å². The molecule has 1 fully saturated rings. The number of hydrogen-bond acceptors (Lipinski definition) is 4. The van der Waals surface area contributed by atoms with Crippen LogP contribution in [0.15, 0.2) is 97.1 Å². The van der Waals surface area contributed by atoms with Crippen molar-refractivity contribution in [1.29, 1.82) is 0 Å². The summed E-state index contributed by atoms with van der Waals surface area (Å²) in [6, 6.07) is 31.0. The van der Waals surface area contributed by atoms with Crippen LogP contribution in [0.2, 0.25) is 0 Å². The number of amides is 1. The summed E-state index contributed by atoms with van der Waals surface area (Å²) in [7, 11) is 3.28. The van der Waals surface area contributed by atoms with Crippen molar-refractivity contribution in [1.82, 2.24) is 0 Å². The molecule has 4 aromatic rings. The van der Waals surface area contributed by atoms with E-state index in [0.29, 0.717) is 11.5 Å². The van der Waals surface area contributed by atoms with Gasteiger partial charge < -0.3 is 19.1 Å². The summed E-state index contributed by atoms with van der Waals surface area (Å²) in [6.07, 6.45) is 0. The van der Waals surface area contributed by atoms with Gasteiger partial charge in [-0.05, 0) is 54.1 Å². The second kappa shape index (κ2) is 7.66. The highest BCUT2D eigenvalue weighted by Crippen LogP contribution is 2.63. The van der Waals surface area contributed by atoms with Crippen molar-refractivity contribution in [2.45, 2.75) is 11.5 Å². The van der Waals surface area contributed by atoms with E-state index in [1.54, 1.807) is 14.2 Å². The average Bonchev–Trinajstić information content (AvgIpc) is 2.90. The maximum atomic E-state index is 14.3. The molecule has 0 radical (unpaired) electrons. The van der Waals surface area contributed by atoms with Gasteiger partial charge in [0.05, 0.1) is 20.3 Å². The number of β-lactam (4-membered cyclic amide) rings is 1. The third-order valence-corrected chi connectivity index (χ3v) is 6.85. The topological polar surface area (TPSA) is 48.0 Å². The van der Waals surface area contributed by atoms with Crippen LogP contribution >= 0.6 is 0 Å². The van der Waals surface area contributed by atoms with Crippen LogP contribution in [-0.4, -0.2) is 20.1 Å². The monoisotopic (exact) mass is 449 g/mol. The van der Waals surface area contributed by atoms with Crippen molar-refractivity contribution in [2.24, 2.45) is 0 Å². The van der Waals surface area contributed by atoms with Gasteiger partial charge in [-0.1, -0.05) is 48.5 Å². The van der Waals surface area contributed by atoms with Gasteiger partial charge in [0.25, 0.3) is 0 Å². The Morgan fingerprint density at radius 2 is 1.21 bits per heavy atom. The molecule has 6 rings (SSSR count).